The first-order valence-corrected chi connectivity index (χ1v) is 10.8. The number of nitrogens with two attached hydrogens (primary N) is 1. The first-order chi connectivity index (χ1) is 15.5. The maximum Gasteiger partial charge on any atom is 0.252 e. The van der Waals surface area contributed by atoms with E-state index in [1.54, 1.807) is 0 Å². The third kappa shape index (κ3) is 4.16. The number of tetrazole rings is 1. The molecule has 0 aliphatic heterocycles. The molecule has 4 rings (SSSR count). The van der Waals surface area contributed by atoms with E-state index in [1.807, 2.05) is 42.8 Å². The zero-order valence-electron chi connectivity index (χ0n) is 18.5. The molecule has 8 heteroatoms. The Hall–Kier alpha value is -3.81. The van der Waals surface area contributed by atoms with Gasteiger partial charge in [-0.3, -0.25) is 9.48 Å². The third-order valence-corrected chi connectivity index (χ3v) is 5.46. The Labute approximate surface area is 186 Å². The van der Waals surface area contributed by atoms with Crippen molar-refractivity contribution < 1.29 is 4.79 Å². The van der Waals surface area contributed by atoms with Gasteiger partial charge in [-0.15, -0.1) is 10.2 Å². The Morgan fingerprint density at radius 3 is 2.41 bits per heavy atom. The van der Waals surface area contributed by atoms with Gasteiger partial charge in [0.1, 0.15) is 0 Å². The lowest BCUT2D eigenvalue weighted by Gasteiger charge is -2.10. The van der Waals surface area contributed by atoms with E-state index in [2.05, 4.69) is 51.8 Å². The zero-order valence-corrected chi connectivity index (χ0v) is 18.5. The van der Waals surface area contributed by atoms with Crippen LogP contribution in [0.4, 0.5) is 0 Å². The van der Waals surface area contributed by atoms with E-state index in [0.29, 0.717) is 17.8 Å². The molecule has 2 heterocycles. The topological polar surface area (TPSA) is 115 Å². The predicted octanol–water partition coefficient (Wildman–Crippen LogP) is 3.95. The van der Waals surface area contributed by atoms with Crippen LogP contribution in [-0.2, 0) is 13.0 Å². The number of amides is 1. The number of carbonyl (C=O) groups is 1. The Kier molecular flexibility index (Phi) is 6.11. The highest BCUT2D eigenvalue weighted by molar-refractivity contribution is 5.95. The summed E-state index contributed by atoms with van der Waals surface area (Å²) in [6.07, 6.45) is 1.51. The number of nitrogens with zero attached hydrogens (tertiary/aromatic N) is 5. The molecule has 0 radical (unpaired) electrons. The predicted molar refractivity (Wildman–Crippen MR) is 123 cm³/mol. The van der Waals surface area contributed by atoms with E-state index >= 15 is 0 Å². The number of carbonyl (C=O) groups excluding carboxylic acids is 1. The van der Waals surface area contributed by atoms with Gasteiger partial charge in [-0.05, 0) is 34.2 Å². The average Bonchev–Trinajstić information content (AvgIpc) is 3.44. The van der Waals surface area contributed by atoms with Gasteiger partial charge < -0.3 is 5.73 Å². The summed E-state index contributed by atoms with van der Waals surface area (Å²) in [5.41, 5.74) is 12.0. The van der Waals surface area contributed by atoms with Crippen LogP contribution in [0, 0.1) is 0 Å². The first-order valence-electron chi connectivity index (χ1n) is 10.8. The molecule has 0 atom stereocenters. The minimum atomic E-state index is -0.420. The molecule has 0 aliphatic carbocycles. The van der Waals surface area contributed by atoms with Crippen LogP contribution < -0.4 is 5.73 Å². The van der Waals surface area contributed by atoms with Crippen molar-refractivity contribution in [3.8, 4) is 22.5 Å². The molecule has 1 amide bonds. The third-order valence-electron chi connectivity index (χ3n) is 5.46. The number of rotatable bonds is 8. The molecule has 8 nitrogen and oxygen atoms in total. The van der Waals surface area contributed by atoms with Gasteiger partial charge in [-0.2, -0.15) is 10.3 Å². The van der Waals surface area contributed by atoms with E-state index < -0.39 is 5.91 Å². The standard InChI is InChI=1S/C24H27N7O/c1-4-13-31-20(21(23(25)32)22(28-31)15(2)3)14-16-9-11-17(12-10-16)18-7-5-6-8-19(18)24-26-29-30-27-24/h5-12,15H,4,13-14H2,1-3H3,(H2,25,32)(H,26,27,29,30). The first kappa shape index (κ1) is 21.4. The SMILES string of the molecule is CCCn1nc(C(C)C)c(C(N)=O)c1Cc1ccc(-c2ccccc2-c2nn[nH]n2)cc1. The molecule has 0 saturated heterocycles. The fourth-order valence-electron chi connectivity index (χ4n) is 3.97. The summed E-state index contributed by atoms with van der Waals surface area (Å²) in [5.74, 6) is 0.260. The lowest BCUT2D eigenvalue weighted by atomic mass is 9.96. The molecule has 2 aromatic carbocycles. The van der Waals surface area contributed by atoms with Crippen LogP contribution in [0.5, 0.6) is 0 Å². The molecule has 0 spiro atoms. The van der Waals surface area contributed by atoms with E-state index in [4.69, 9.17) is 10.8 Å². The summed E-state index contributed by atoms with van der Waals surface area (Å²) in [6, 6.07) is 16.3. The summed E-state index contributed by atoms with van der Waals surface area (Å²) in [6.45, 7) is 6.91. The van der Waals surface area contributed by atoms with Crippen molar-refractivity contribution in [3.63, 3.8) is 0 Å². The van der Waals surface area contributed by atoms with Gasteiger partial charge >= 0.3 is 0 Å². The second-order valence-corrected chi connectivity index (χ2v) is 8.10. The molecule has 164 valence electrons. The van der Waals surface area contributed by atoms with Gasteiger partial charge in [0.15, 0.2) is 0 Å². The summed E-state index contributed by atoms with van der Waals surface area (Å²) >= 11 is 0. The maximum atomic E-state index is 12.3. The molecule has 0 fully saturated rings. The molecule has 0 bridgehead atoms. The minimum Gasteiger partial charge on any atom is -0.365 e. The van der Waals surface area contributed by atoms with Crippen LogP contribution in [0.25, 0.3) is 22.5 Å². The number of hydrogen-bond donors (Lipinski definition) is 2. The molecule has 0 unspecified atom stereocenters. The molecule has 32 heavy (non-hydrogen) atoms. The summed E-state index contributed by atoms with van der Waals surface area (Å²) < 4.78 is 1.94. The number of H-pyrrole nitrogens is 1. The van der Waals surface area contributed by atoms with Crippen LogP contribution >= 0.6 is 0 Å². The van der Waals surface area contributed by atoms with Crippen molar-refractivity contribution in [3.05, 3.63) is 71.0 Å². The number of nitrogens with one attached hydrogen (secondary N) is 1. The summed E-state index contributed by atoms with van der Waals surface area (Å²) in [4.78, 5) is 12.3. The summed E-state index contributed by atoms with van der Waals surface area (Å²) in [7, 11) is 0. The van der Waals surface area contributed by atoms with Crippen molar-refractivity contribution in [1.82, 2.24) is 30.4 Å². The number of primary amides is 1. The molecule has 4 aromatic rings. The van der Waals surface area contributed by atoms with Crippen molar-refractivity contribution in [2.45, 2.75) is 46.1 Å². The Morgan fingerprint density at radius 1 is 1.09 bits per heavy atom. The van der Waals surface area contributed by atoms with Gasteiger partial charge in [-0.25, -0.2) is 0 Å². The van der Waals surface area contributed by atoms with Crippen LogP contribution in [0.15, 0.2) is 48.5 Å². The average molecular weight is 430 g/mol. The molecule has 3 N–H and O–H groups in total. The van der Waals surface area contributed by atoms with E-state index in [9.17, 15) is 4.79 Å². The smallest absolute Gasteiger partial charge is 0.252 e. The number of aromatic amines is 1. The number of benzene rings is 2. The molecule has 0 saturated carbocycles. The van der Waals surface area contributed by atoms with Gasteiger partial charge in [0.25, 0.3) is 5.91 Å². The van der Waals surface area contributed by atoms with Crippen molar-refractivity contribution in [1.29, 1.82) is 0 Å². The van der Waals surface area contributed by atoms with Crippen molar-refractivity contribution in [2.75, 3.05) is 0 Å². The van der Waals surface area contributed by atoms with E-state index in [0.717, 1.165) is 46.6 Å². The lowest BCUT2D eigenvalue weighted by Crippen LogP contribution is -2.16. The highest BCUT2D eigenvalue weighted by atomic mass is 16.1. The number of hydrogen-bond acceptors (Lipinski definition) is 5. The highest BCUT2D eigenvalue weighted by Crippen LogP contribution is 2.30. The van der Waals surface area contributed by atoms with Gasteiger partial charge in [0.2, 0.25) is 5.82 Å². The maximum absolute atomic E-state index is 12.3. The normalized spacial score (nSPS) is 11.2. The fourth-order valence-corrected chi connectivity index (χ4v) is 3.97. The quantitative estimate of drug-likeness (QED) is 0.440. The Bertz CT molecular complexity index is 1210. The van der Waals surface area contributed by atoms with Gasteiger partial charge in [0, 0.05) is 18.5 Å². The monoisotopic (exact) mass is 429 g/mol. The van der Waals surface area contributed by atoms with Gasteiger partial charge in [-0.1, -0.05) is 69.3 Å². The van der Waals surface area contributed by atoms with Crippen molar-refractivity contribution in [2.24, 2.45) is 5.73 Å². The fraction of sp³-hybridized carbons (Fsp3) is 0.292. The highest BCUT2D eigenvalue weighted by Gasteiger charge is 2.23. The second kappa shape index (κ2) is 9.13. The molecule has 2 aromatic heterocycles. The second-order valence-electron chi connectivity index (χ2n) is 8.10. The van der Waals surface area contributed by atoms with Crippen LogP contribution in [-0.4, -0.2) is 36.3 Å². The summed E-state index contributed by atoms with van der Waals surface area (Å²) in [5, 5.41) is 19.1. The van der Waals surface area contributed by atoms with Gasteiger partial charge in [0.05, 0.1) is 17.0 Å². The van der Waals surface area contributed by atoms with E-state index in [1.165, 1.54) is 0 Å². The lowest BCUT2D eigenvalue weighted by molar-refractivity contribution is 0.0998. The number of aromatic nitrogens is 6. The molecular weight excluding hydrogens is 402 g/mol. The van der Waals surface area contributed by atoms with Crippen LogP contribution in [0.3, 0.4) is 0 Å². The van der Waals surface area contributed by atoms with E-state index in [-0.39, 0.29) is 5.92 Å². The molecular formula is C24H27N7O. The van der Waals surface area contributed by atoms with Crippen molar-refractivity contribution >= 4 is 5.91 Å². The molecule has 0 aliphatic rings. The van der Waals surface area contributed by atoms with Crippen LogP contribution in [0.2, 0.25) is 0 Å². The Balaban J connectivity index is 1.68. The number of aryl methyl sites for hydroxylation is 1. The largest absolute Gasteiger partial charge is 0.365 e. The zero-order chi connectivity index (χ0) is 22.7. The Morgan fingerprint density at radius 2 is 1.81 bits per heavy atom. The minimum absolute atomic E-state index is 0.123. The van der Waals surface area contributed by atoms with Crippen LogP contribution in [0.1, 0.15) is 60.4 Å².